The van der Waals surface area contributed by atoms with Crippen LogP contribution in [0.25, 0.3) is 17.0 Å². The number of carbonyl (C=O) groups excluding carboxylic acids is 2. The quantitative estimate of drug-likeness (QED) is 0.438. The highest BCUT2D eigenvalue weighted by Gasteiger charge is 2.12. The summed E-state index contributed by atoms with van der Waals surface area (Å²) in [6, 6.07) is 17.3. The topological polar surface area (TPSA) is 92.1 Å². The van der Waals surface area contributed by atoms with E-state index in [0.717, 1.165) is 10.9 Å². The Bertz CT molecular complexity index is 1070. The molecule has 1 N–H and O–H groups in total. The van der Waals surface area contributed by atoms with Crippen molar-refractivity contribution in [2.24, 2.45) is 0 Å². The molecule has 6 nitrogen and oxygen atoms in total. The van der Waals surface area contributed by atoms with E-state index in [1.165, 1.54) is 13.2 Å². The van der Waals surface area contributed by atoms with Crippen molar-refractivity contribution in [2.45, 2.75) is 0 Å². The SMILES string of the molecule is COC(=O)c1ccc(/C=C(/C#N)C(=O)Nc2cccc3ncccc23)cc1. The Morgan fingerprint density at radius 3 is 2.59 bits per heavy atom. The Hall–Kier alpha value is -3.98. The molecule has 0 unspecified atom stereocenters. The second kappa shape index (κ2) is 7.93. The summed E-state index contributed by atoms with van der Waals surface area (Å²) in [7, 11) is 1.30. The molecule has 0 aliphatic heterocycles. The van der Waals surface area contributed by atoms with E-state index in [1.54, 1.807) is 48.7 Å². The third-order valence-electron chi connectivity index (χ3n) is 3.90. The number of nitrogens with one attached hydrogen (secondary N) is 1. The monoisotopic (exact) mass is 357 g/mol. The second-order valence-corrected chi connectivity index (χ2v) is 5.61. The summed E-state index contributed by atoms with van der Waals surface area (Å²) < 4.78 is 4.64. The van der Waals surface area contributed by atoms with Gasteiger partial charge in [0.15, 0.2) is 0 Å². The molecular weight excluding hydrogens is 342 g/mol. The number of benzene rings is 2. The first-order chi connectivity index (χ1) is 13.1. The molecule has 1 aromatic heterocycles. The Balaban J connectivity index is 1.84. The molecule has 3 rings (SSSR count). The minimum atomic E-state index is -0.522. The van der Waals surface area contributed by atoms with Crippen LogP contribution in [0.1, 0.15) is 15.9 Å². The summed E-state index contributed by atoms with van der Waals surface area (Å²) >= 11 is 0. The smallest absolute Gasteiger partial charge is 0.337 e. The van der Waals surface area contributed by atoms with Gasteiger partial charge in [-0.2, -0.15) is 5.26 Å². The first-order valence-corrected chi connectivity index (χ1v) is 8.07. The summed E-state index contributed by atoms with van der Waals surface area (Å²) in [5.74, 6) is -0.973. The zero-order valence-electron chi connectivity index (χ0n) is 14.5. The van der Waals surface area contributed by atoms with Gasteiger partial charge in [-0.1, -0.05) is 18.2 Å². The van der Waals surface area contributed by atoms with Gasteiger partial charge in [0.2, 0.25) is 0 Å². The van der Waals surface area contributed by atoms with Gasteiger partial charge in [-0.15, -0.1) is 0 Å². The van der Waals surface area contributed by atoms with Crippen LogP contribution in [0.5, 0.6) is 0 Å². The van der Waals surface area contributed by atoms with E-state index in [9.17, 15) is 14.9 Å². The molecule has 0 aliphatic carbocycles. The van der Waals surface area contributed by atoms with Gasteiger partial charge in [-0.3, -0.25) is 9.78 Å². The van der Waals surface area contributed by atoms with E-state index < -0.39 is 11.9 Å². The van der Waals surface area contributed by atoms with Crippen molar-refractivity contribution >= 4 is 34.5 Å². The normalized spacial score (nSPS) is 10.9. The summed E-state index contributed by atoms with van der Waals surface area (Å²) in [5.41, 5.74) is 2.28. The lowest BCUT2D eigenvalue weighted by Crippen LogP contribution is -2.13. The van der Waals surface area contributed by atoms with Gasteiger partial charge in [-0.25, -0.2) is 4.79 Å². The van der Waals surface area contributed by atoms with Crippen LogP contribution in [0, 0.1) is 11.3 Å². The summed E-state index contributed by atoms with van der Waals surface area (Å²) in [6.07, 6.45) is 3.13. The van der Waals surface area contributed by atoms with Crippen molar-refractivity contribution in [3.05, 3.63) is 77.5 Å². The first-order valence-electron chi connectivity index (χ1n) is 8.07. The third-order valence-corrected chi connectivity index (χ3v) is 3.90. The standard InChI is InChI=1S/C21H15N3O3/c1-27-21(26)15-9-7-14(8-10-15)12-16(13-22)20(25)24-19-6-2-5-18-17(19)4-3-11-23-18/h2-12H,1H3,(H,24,25)/b16-12-. The molecular formula is C21H15N3O3. The number of ether oxygens (including phenoxy) is 1. The Morgan fingerprint density at radius 2 is 1.89 bits per heavy atom. The maximum absolute atomic E-state index is 12.5. The van der Waals surface area contributed by atoms with Crippen LogP contribution < -0.4 is 5.32 Å². The van der Waals surface area contributed by atoms with Crippen LogP contribution in [-0.2, 0) is 9.53 Å². The van der Waals surface area contributed by atoms with Crippen molar-refractivity contribution in [1.29, 1.82) is 5.26 Å². The van der Waals surface area contributed by atoms with Gasteiger partial charge in [-0.05, 0) is 48.0 Å². The minimum Gasteiger partial charge on any atom is -0.465 e. The number of fused-ring (bicyclic) bond motifs is 1. The largest absolute Gasteiger partial charge is 0.465 e. The highest BCUT2D eigenvalue weighted by atomic mass is 16.5. The maximum Gasteiger partial charge on any atom is 0.337 e. The van der Waals surface area contributed by atoms with Gasteiger partial charge >= 0.3 is 5.97 Å². The number of hydrogen-bond acceptors (Lipinski definition) is 5. The Kier molecular flexibility index (Phi) is 5.24. The van der Waals surface area contributed by atoms with E-state index in [-0.39, 0.29) is 5.57 Å². The van der Waals surface area contributed by atoms with E-state index in [1.807, 2.05) is 18.2 Å². The fourth-order valence-corrected chi connectivity index (χ4v) is 2.55. The highest BCUT2D eigenvalue weighted by molar-refractivity contribution is 6.12. The van der Waals surface area contributed by atoms with E-state index >= 15 is 0 Å². The molecule has 0 radical (unpaired) electrons. The Labute approximate surface area is 155 Å². The van der Waals surface area contributed by atoms with Crippen LogP contribution in [0.4, 0.5) is 5.69 Å². The molecule has 2 aromatic carbocycles. The van der Waals surface area contributed by atoms with Gasteiger partial charge in [0.1, 0.15) is 11.6 Å². The van der Waals surface area contributed by atoms with Crippen LogP contribution in [0.15, 0.2) is 66.4 Å². The molecule has 0 atom stereocenters. The van der Waals surface area contributed by atoms with E-state index in [2.05, 4.69) is 15.0 Å². The molecule has 0 bridgehead atoms. The Morgan fingerprint density at radius 1 is 1.11 bits per heavy atom. The zero-order chi connectivity index (χ0) is 19.2. The van der Waals surface area contributed by atoms with Crippen molar-refractivity contribution in [3.63, 3.8) is 0 Å². The molecule has 1 heterocycles. The van der Waals surface area contributed by atoms with Crippen molar-refractivity contribution in [2.75, 3.05) is 12.4 Å². The molecule has 6 heteroatoms. The van der Waals surface area contributed by atoms with Gasteiger partial charge in [0, 0.05) is 11.6 Å². The maximum atomic E-state index is 12.5. The predicted octanol–water partition coefficient (Wildman–Crippen LogP) is 3.57. The number of nitrogens with zero attached hydrogens (tertiary/aromatic N) is 2. The molecule has 27 heavy (non-hydrogen) atoms. The number of pyridine rings is 1. The van der Waals surface area contributed by atoms with Crippen LogP contribution >= 0.6 is 0 Å². The van der Waals surface area contributed by atoms with Crippen LogP contribution in [-0.4, -0.2) is 24.0 Å². The van der Waals surface area contributed by atoms with Gasteiger partial charge in [0.05, 0.1) is 23.9 Å². The van der Waals surface area contributed by atoms with E-state index in [0.29, 0.717) is 16.8 Å². The second-order valence-electron chi connectivity index (χ2n) is 5.61. The lowest BCUT2D eigenvalue weighted by Gasteiger charge is -2.07. The summed E-state index contributed by atoms with van der Waals surface area (Å²) in [5, 5.41) is 12.9. The number of carbonyl (C=O) groups is 2. The third kappa shape index (κ3) is 3.99. The van der Waals surface area contributed by atoms with Crippen LogP contribution in [0.2, 0.25) is 0 Å². The van der Waals surface area contributed by atoms with Crippen molar-refractivity contribution < 1.29 is 14.3 Å². The average Bonchev–Trinajstić information content (AvgIpc) is 2.72. The molecule has 3 aromatic rings. The van der Waals surface area contributed by atoms with Crippen molar-refractivity contribution in [1.82, 2.24) is 4.98 Å². The highest BCUT2D eigenvalue weighted by Crippen LogP contribution is 2.22. The lowest BCUT2D eigenvalue weighted by atomic mass is 10.1. The number of anilines is 1. The molecule has 0 saturated carbocycles. The summed E-state index contributed by atoms with van der Waals surface area (Å²) in [6.45, 7) is 0. The van der Waals surface area contributed by atoms with Crippen LogP contribution in [0.3, 0.4) is 0 Å². The zero-order valence-corrected chi connectivity index (χ0v) is 14.5. The molecule has 0 spiro atoms. The number of esters is 1. The number of amides is 1. The molecule has 0 fully saturated rings. The van der Waals surface area contributed by atoms with Gasteiger partial charge in [0.25, 0.3) is 5.91 Å². The lowest BCUT2D eigenvalue weighted by molar-refractivity contribution is -0.112. The molecule has 0 saturated heterocycles. The first kappa shape index (κ1) is 17.8. The molecule has 1 amide bonds. The molecule has 0 aliphatic rings. The minimum absolute atomic E-state index is 0.0540. The number of nitriles is 1. The molecule has 132 valence electrons. The average molecular weight is 357 g/mol. The fraction of sp³-hybridized carbons (Fsp3) is 0.0476. The predicted molar refractivity (Wildman–Crippen MR) is 102 cm³/mol. The number of methoxy groups -OCH3 is 1. The number of hydrogen-bond donors (Lipinski definition) is 1. The van der Waals surface area contributed by atoms with Crippen molar-refractivity contribution in [3.8, 4) is 6.07 Å². The van der Waals surface area contributed by atoms with Gasteiger partial charge < -0.3 is 10.1 Å². The summed E-state index contributed by atoms with van der Waals surface area (Å²) in [4.78, 5) is 28.2. The number of rotatable bonds is 4. The fourth-order valence-electron chi connectivity index (χ4n) is 2.55. The number of aromatic nitrogens is 1. The van der Waals surface area contributed by atoms with E-state index in [4.69, 9.17) is 0 Å².